The molecular formula is C36H50N2O9S2. The van der Waals surface area contributed by atoms with Crippen molar-refractivity contribution >= 4 is 39.4 Å². The Hall–Kier alpha value is -2.68. The summed E-state index contributed by atoms with van der Waals surface area (Å²) in [6, 6.07) is 5.55. The number of carboxylic acids is 1. The van der Waals surface area contributed by atoms with Gasteiger partial charge in [-0.3, -0.25) is 14.4 Å². The minimum atomic E-state index is -0.922. The number of hydrogen-bond acceptors (Lipinski definition) is 11. The number of allylic oxidation sites excluding steroid dienone is 2. The zero-order valence-electron chi connectivity index (χ0n) is 29.0. The molecule has 3 fully saturated rings. The molecule has 0 aliphatic carbocycles. The highest BCUT2D eigenvalue weighted by Crippen LogP contribution is 2.46. The highest BCUT2D eigenvalue weighted by molar-refractivity contribution is 8.76. The number of hydrogen-bond donors (Lipinski definition) is 3. The van der Waals surface area contributed by atoms with Gasteiger partial charge in [-0.1, -0.05) is 54.5 Å². The molecule has 3 saturated heterocycles. The van der Waals surface area contributed by atoms with Crippen molar-refractivity contribution in [3.63, 3.8) is 0 Å². The van der Waals surface area contributed by atoms with Crippen LogP contribution in [0.25, 0.3) is 0 Å². The number of aromatic nitrogens is 1. The molecule has 1 aromatic heterocycles. The van der Waals surface area contributed by atoms with Crippen LogP contribution >= 0.6 is 21.6 Å². The Labute approximate surface area is 297 Å². The van der Waals surface area contributed by atoms with Crippen LogP contribution in [-0.2, 0) is 33.3 Å². The van der Waals surface area contributed by atoms with Gasteiger partial charge in [0.1, 0.15) is 28.9 Å². The number of nitrogens with one attached hydrogen (secondary N) is 1. The zero-order valence-corrected chi connectivity index (χ0v) is 30.7. The minimum absolute atomic E-state index is 0.0248. The summed E-state index contributed by atoms with van der Waals surface area (Å²) in [5.41, 5.74) is 0.174. The van der Waals surface area contributed by atoms with Gasteiger partial charge in [-0.2, -0.15) is 0 Å². The van der Waals surface area contributed by atoms with Crippen LogP contribution in [0.4, 0.5) is 0 Å². The van der Waals surface area contributed by atoms with Crippen LogP contribution in [-0.4, -0.2) is 93.2 Å². The number of ether oxygens (including phenoxy) is 4. The minimum Gasteiger partial charge on any atom is -0.481 e. The van der Waals surface area contributed by atoms with E-state index in [0.717, 1.165) is 17.0 Å². The molecule has 4 rings (SSSR count). The lowest BCUT2D eigenvalue weighted by Gasteiger charge is -2.39. The summed E-state index contributed by atoms with van der Waals surface area (Å²) in [5, 5.41) is 25.2. The fraction of sp³-hybridized carbons (Fsp3) is 0.611. The van der Waals surface area contributed by atoms with Gasteiger partial charge in [0, 0.05) is 30.9 Å². The average Bonchev–Trinajstić information content (AvgIpc) is 3.83. The standard InChI is InChI=1S/C36H50N2O9S2/c1-21(10-13-29-22(2)17-28(25(5)46-29)38-32(40)15-12-23(3)45-26(6)39)11-14-30-34(41)36(20-44-36)19-31(47-30)27(35(42)43)18-24(4)48-49-33-9-7-8-16-37-33/h7-12,14-16,22-25,27-31,34,41H,13,17-20H2,1-6H3,(H,38,40)(H,42,43)/t22-,23-,24?,25+,27+,28+,29-,30+,31-,34+,36+/m0/s1. The number of pyridine rings is 1. The first-order valence-corrected chi connectivity index (χ1v) is 19.1. The van der Waals surface area contributed by atoms with E-state index in [1.807, 2.05) is 45.0 Å². The van der Waals surface area contributed by atoms with E-state index in [9.17, 15) is 24.6 Å². The molecular weight excluding hydrogens is 669 g/mol. The monoisotopic (exact) mass is 718 g/mol. The van der Waals surface area contributed by atoms with Gasteiger partial charge in [-0.05, 0) is 75.0 Å². The molecule has 3 aliphatic heterocycles. The van der Waals surface area contributed by atoms with Gasteiger partial charge in [0.05, 0.1) is 36.9 Å². The second kappa shape index (κ2) is 18.0. The van der Waals surface area contributed by atoms with Crippen molar-refractivity contribution in [2.45, 2.75) is 126 Å². The van der Waals surface area contributed by atoms with Crippen molar-refractivity contribution in [1.29, 1.82) is 0 Å². The van der Waals surface area contributed by atoms with E-state index in [0.29, 0.717) is 25.9 Å². The summed E-state index contributed by atoms with van der Waals surface area (Å²) in [6.45, 7) is 11.4. The molecule has 11 atom stereocenters. The first-order valence-electron chi connectivity index (χ1n) is 16.9. The highest BCUT2D eigenvalue weighted by Gasteiger charge is 2.59. The van der Waals surface area contributed by atoms with E-state index in [1.165, 1.54) is 23.8 Å². The van der Waals surface area contributed by atoms with E-state index in [-0.39, 0.29) is 35.3 Å². The van der Waals surface area contributed by atoms with Crippen molar-refractivity contribution in [2.24, 2.45) is 11.8 Å². The SMILES string of the molecule is CC(=O)O[C@@H](C)C=CC(=O)N[C@@H]1C[C@H](C)[C@H](CC=C(C)C=C[C@H]2O[C@H]([C@@H](CC(C)SSc3ccccn3)C(=O)O)C[C@@]3(CO3)[C@@H]2O)O[C@@H]1C. The number of amides is 1. The average molecular weight is 719 g/mol. The highest BCUT2D eigenvalue weighted by atomic mass is 33.1. The number of esters is 1. The number of rotatable bonds is 15. The molecule has 0 bridgehead atoms. The molecule has 1 aromatic rings. The second-order valence-electron chi connectivity index (χ2n) is 13.4. The molecule has 1 unspecified atom stereocenters. The molecule has 1 amide bonds. The lowest BCUT2D eigenvalue weighted by atomic mass is 9.82. The third-order valence-corrected chi connectivity index (χ3v) is 12.0. The molecule has 49 heavy (non-hydrogen) atoms. The molecule has 0 saturated carbocycles. The van der Waals surface area contributed by atoms with Gasteiger partial charge in [0.15, 0.2) is 0 Å². The number of carbonyl (C=O) groups is 3. The van der Waals surface area contributed by atoms with E-state index in [1.54, 1.807) is 36.1 Å². The van der Waals surface area contributed by atoms with Gasteiger partial charge in [0.2, 0.25) is 5.91 Å². The van der Waals surface area contributed by atoms with Crippen molar-refractivity contribution in [1.82, 2.24) is 10.3 Å². The van der Waals surface area contributed by atoms with Crippen molar-refractivity contribution in [2.75, 3.05) is 6.61 Å². The smallest absolute Gasteiger partial charge is 0.309 e. The fourth-order valence-corrected chi connectivity index (χ4v) is 8.38. The Balaban J connectivity index is 1.30. The van der Waals surface area contributed by atoms with E-state index >= 15 is 0 Å². The topological polar surface area (TPSA) is 157 Å². The third-order valence-electron chi connectivity index (χ3n) is 9.17. The number of epoxide rings is 1. The van der Waals surface area contributed by atoms with Crippen LogP contribution < -0.4 is 5.32 Å². The maximum atomic E-state index is 12.5. The maximum absolute atomic E-state index is 12.5. The van der Waals surface area contributed by atoms with Crippen LogP contribution in [0.1, 0.15) is 67.2 Å². The first-order chi connectivity index (χ1) is 23.3. The number of carboxylic acid groups (broad SMARTS) is 1. The molecule has 11 nitrogen and oxygen atoms in total. The lowest BCUT2D eigenvalue weighted by molar-refractivity contribution is -0.170. The Bertz CT molecular complexity index is 1370. The van der Waals surface area contributed by atoms with Crippen LogP contribution in [0, 0.1) is 11.8 Å². The van der Waals surface area contributed by atoms with Crippen LogP contribution in [0.5, 0.6) is 0 Å². The zero-order chi connectivity index (χ0) is 35.7. The van der Waals surface area contributed by atoms with Gasteiger partial charge in [0.25, 0.3) is 0 Å². The Morgan fingerprint density at radius 3 is 2.59 bits per heavy atom. The molecule has 3 N–H and O–H groups in total. The van der Waals surface area contributed by atoms with Gasteiger partial charge < -0.3 is 34.5 Å². The van der Waals surface area contributed by atoms with Crippen LogP contribution in [0.3, 0.4) is 0 Å². The summed E-state index contributed by atoms with van der Waals surface area (Å²) in [7, 11) is 3.11. The van der Waals surface area contributed by atoms with E-state index in [4.69, 9.17) is 18.9 Å². The lowest BCUT2D eigenvalue weighted by Crippen LogP contribution is -2.53. The molecule has 4 heterocycles. The number of aliphatic carboxylic acids is 1. The predicted octanol–water partition coefficient (Wildman–Crippen LogP) is 5.29. The van der Waals surface area contributed by atoms with Crippen molar-refractivity contribution < 1.29 is 43.5 Å². The summed E-state index contributed by atoms with van der Waals surface area (Å²) in [4.78, 5) is 40.3. The Morgan fingerprint density at radius 1 is 1.18 bits per heavy atom. The van der Waals surface area contributed by atoms with Gasteiger partial charge >= 0.3 is 11.9 Å². The maximum Gasteiger partial charge on any atom is 0.309 e. The Morgan fingerprint density at radius 2 is 1.94 bits per heavy atom. The van der Waals surface area contributed by atoms with Gasteiger partial charge in [-0.15, -0.1) is 0 Å². The van der Waals surface area contributed by atoms with E-state index in [2.05, 4.69) is 23.3 Å². The number of aliphatic hydroxyl groups is 1. The number of nitrogens with zero attached hydrogens (tertiary/aromatic N) is 1. The summed E-state index contributed by atoms with van der Waals surface area (Å²) in [5.74, 6) is -2.16. The first kappa shape index (κ1) is 39.1. The molecule has 13 heteroatoms. The van der Waals surface area contributed by atoms with Crippen molar-refractivity contribution in [3.05, 3.63) is 60.3 Å². The molecule has 0 aromatic carbocycles. The fourth-order valence-electron chi connectivity index (χ4n) is 6.27. The molecule has 270 valence electrons. The largest absolute Gasteiger partial charge is 0.481 e. The molecule has 1 spiro atoms. The van der Waals surface area contributed by atoms with Crippen LogP contribution in [0.15, 0.2) is 65.4 Å². The van der Waals surface area contributed by atoms with Crippen molar-refractivity contribution in [3.8, 4) is 0 Å². The normalized spacial score (nSPS) is 32.1. The molecule has 0 radical (unpaired) electrons. The Kier molecular flexibility index (Phi) is 14.4. The molecule has 3 aliphatic rings. The van der Waals surface area contributed by atoms with Crippen LogP contribution in [0.2, 0.25) is 0 Å². The summed E-state index contributed by atoms with van der Waals surface area (Å²) < 4.78 is 23.3. The van der Waals surface area contributed by atoms with Gasteiger partial charge in [-0.25, -0.2) is 4.98 Å². The second-order valence-corrected chi connectivity index (χ2v) is 16.1. The van der Waals surface area contributed by atoms with E-state index < -0.39 is 47.9 Å². The predicted molar refractivity (Wildman–Crippen MR) is 189 cm³/mol. The number of carbonyl (C=O) groups excluding carboxylic acids is 2. The summed E-state index contributed by atoms with van der Waals surface area (Å²) in [6.07, 6.45) is 9.65. The summed E-state index contributed by atoms with van der Waals surface area (Å²) >= 11 is 0. The quantitative estimate of drug-likeness (QED) is 0.0710. The number of aliphatic hydroxyl groups excluding tert-OH is 1. The third kappa shape index (κ3) is 11.7.